The molecule has 0 radical (unpaired) electrons. The number of hydrogen-bond donors (Lipinski definition) is 2. The van der Waals surface area contributed by atoms with Crippen LogP contribution in [0.25, 0.3) is 0 Å². The summed E-state index contributed by atoms with van der Waals surface area (Å²) in [6.45, 7) is 4.05. The summed E-state index contributed by atoms with van der Waals surface area (Å²) in [5.74, 6) is 1.30. The van der Waals surface area contributed by atoms with Crippen molar-refractivity contribution in [2.45, 2.75) is 13.8 Å². The highest BCUT2D eigenvalue weighted by Crippen LogP contribution is 2.29. The van der Waals surface area contributed by atoms with E-state index in [2.05, 4.69) is 26.7 Å². The van der Waals surface area contributed by atoms with E-state index in [1.165, 1.54) is 13.4 Å². The van der Waals surface area contributed by atoms with Crippen molar-refractivity contribution in [2.75, 3.05) is 24.9 Å². The number of carbonyl (C=O) groups excluding carboxylic acids is 1. The maximum absolute atomic E-state index is 12.6. The first-order valence-electron chi connectivity index (χ1n) is 8.69. The average Bonchev–Trinajstić information content (AvgIpc) is 2.67. The quantitative estimate of drug-likeness (QED) is 0.671. The lowest BCUT2D eigenvalue weighted by atomic mass is 10.1. The van der Waals surface area contributed by atoms with Gasteiger partial charge in [0.25, 0.3) is 5.91 Å². The standard InChI is InChI=1S/C21H22N4O3/c1-13-7-14(2)9-15(8-13)24-20-11-18(22-12-23-20)21(26)25-17-6-5-16(27-3)10-19(17)28-4/h5-12H,1-4H3,(H,25,26)(H,22,23,24). The molecule has 0 aliphatic carbocycles. The van der Waals surface area contributed by atoms with E-state index in [0.717, 1.165) is 16.8 Å². The van der Waals surface area contributed by atoms with Crippen molar-refractivity contribution < 1.29 is 14.3 Å². The molecule has 0 saturated heterocycles. The number of ether oxygens (including phenoxy) is 2. The van der Waals surface area contributed by atoms with Gasteiger partial charge in [0.2, 0.25) is 0 Å². The molecular weight excluding hydrogens is 356 g/mol. The van der Waals surface area contributed by atoms with Crippen molar-refractivity contribution >= 4 is 23.1 Å². The second-order valence-corrected chi connectivity index (χ2v) is 6.31. The molecule has 0 aliphatic heterocycles. The molecule has 0 atom stereocenters. The molecule has 0 saturated carbocycles. The number of amides is 1. The van der Waals surface area contributed by atoms with Crippen LogP contribution in [0, 0.1) is 13.8 Å². The van der Waals surface area contributed by atoms with Crippen LogP contribution in [0.15, 0.2) is 48.8 Å². The Morgan fingerprint density at radius 2 is 1.68 bits per heavy atom. The highest BCUT2D eigenvalue weighted by Gasteiger charge is 2.13. The van der Waals surface area contributed by atoms with Crippen LogP contribution in [0.1, 0.15) is 21.6 Å². The maximum Gasteiger partial charge on any atom is 0.274 e. The Hall–Kier alpha value is -3.61. The summed E-state index contributed by atoms with van der Waals surface area (Å²) < 4.78 is 10.5. The molecule has 1 amide bonds. The Morgan fingerprint density at radius 3 is 2.36 bits per heavy atom. The average molecular weight is 378 g/mol. The molecule has 28 heavy (non-hydrogen) atoms. The van der Waals surface area contributed by atoms with Gasteiger partial charge in [-0.05, 0) is 49.2 Å². The van der Waals surface area contributed by atoms with E-state index in [9.17, 15) is 4.79 Å². The number of carbonyl (C=O) groups is 1. The fourth-order valence-corrected chi connectivity index (χ4v) is 2.83. The smallest absolute Gasteiger partial charge is 0.274 e. The van der Waals surface area contributed by atoms with Crippen LogP contribution < -0.4 is 20.1 Å². The van der Waals surface area contributed by atoms with Gasteiger partial charge in [-0.15, -0.1) is 0 Å². The number of hydrogen-bond acceptors (Lipinski definition) is 6. The van der Waals surface area contributed by atoms with E-state index in [0.29, 0.717) is 23.0 Å². The van der Waals surface area contributed by atoms with Crippen LogP contribution in [0.3, 0.4) is 0 Å². The Kier molecular flexibility index (Phi) is 5.74. The first kappa shape index (κ1) is 19.2. The monoisotopic (exact) mass is 378 g/mol. The van der Waals surface area contributed by atoms with Gasteiger partial charge in [-0.3, -0.25) is 4.79 Å². The molecular formula is C21H22N4O3. The predicted molar refractivity (Wildman–Crippen MR) is 109 cm³/mol. The van der Waals surface area contributed by atoms with E-state index in [1.54, 1.807) is 31.4 Å². The molecule has 1 heterocycles. The minimum absolute atomic E-state index is 0.236. The van der Waals surface area contributed by atoms with Gasteiger partial charge in [0.15, 0.2) is 0 Å². The summed E-state index contributed by atoms with van der Waals surface area (Å²) in [7, 11) is 3.10. The second kappa shape index (κ2) is 8.39. The molecule has 2 N–H and O–H groups in total. The van der Waals surface area contributed by atoms with Crippen LogP contribution in [-0.2, 0) is 0 Å². The van der Waals surface area contributed by atoms with Crippen molar-refractivity contribution in [3.05, 3.63) is 65.6 Å². The van der Waals surface area contributed by atoms with Gasteiger partial charge in [-0.25, -0.2) is 9.97 Å². The fourth-order valence-electron chi connectivity index (χ4n) is 2.83. The van der Waals surface area contributed by atoms with Gasteiger partial charge >= 0.3 is 0 Å². The Bertz CT molecular complexity index is 984. The molecule has 0 unspecified atom stereocenters. The SMILES string of the molecule is COc1ccc(NC(=O)c2cc(Nc3cc(C)cc(C)c3)ncn2)c(OC)c1. The minimum Gasteiger partial charge on any atom is -0.497 e. The highest BCUT2D eigenvalue weighted by molar-refractivity contribution is 6.04. The van der Waals surface area contributed by atoms with Gasteiger partial charge in [-0.1, -0.05) is 6.07 Å². The molecule has 0 fully saturated rings. The summed E-state index contributed by atoms with van der Waals surface area (Å²) >= 11 is 0. The molecule has 3 aromatic rings. The van der Waals surface area contributed by atoms with Gasteiger partial charge in [0.05, 0.1) is 19.9 Å². The zero-order chi connectivity index (χ0) is 20.1. The van der Waals surface area contributed by atoms with E-state index in [1.807, 2.05) is 26.0 Å². The molecule has 2 aromatic carbocycles. The number of methoxy groups -OCH3 is 2. The molecule has 7 nitrogen and oxygen atoms in total. The fraction of sp³-hybridized carbons (Fsp3) is 0.190. The first-order valence-corrected chi connectivity index (χ1v) is 8.69. The van der Waals surface area contributed by atoms with Crippen LogP contribution in [-0.4, -0.2) is 30.1 Å². The summed E-state index contributed by atoms with van der Waals surface area (Å²) in [5, 5.41) is 6.01. The highest BCUT2D eigenvalue weighted by atomic mass is 16.5. The van der Waals surface area contributed by atoms with Crippen molar-refractivity contribution in [1.82, 2.24) is 9.97 Å². The number of nitrogens with zero attached hydrogens (tertiary/aromatic N) is 2. The van der Waals surface area contributed by atoms with Crippen LogP contribution >= 0.6 is 0 Å². The third-order valence-electron chi connectivity index (χ3n) is 4.05. The van der Waals surface area contributed by atoms with Gasteiger partial charge in [0.1, 0.15) is 29.3 Å². The maximum atomic E-state index is 12.6. The number of aromatic nitrogens is 2. The zero-order valence-electron chi connectivity index (χ0n) is 16.2. The number of aryl methyl sites for hydroxylation is 2. The predicted octanol–water partition coefficient (Wildman–Crippen LogP) is 4.11. The lowest BCUT2D eigenvalue weighted by molar-refractivity contribution is 0.102. The van der Waals surface area contributed by atoms with Crippen LogP contribution in [0.2, 0.25) is 0 Å². The summed E-state index contributed by atoms with van der Waals surface area (Å²) in [6, 6.07) is 12.9. The second-order valence-electron chi connectivity index (χ2n) is 6.31. The summed E-state index contributed by atoms with van der Waals surface area (Å²) in [4.78, 5) is 20.9. The molecule has 0 bridgehead atoms. The molecule has 144 valence electrons. The molecule has 0 spiro atoms. The lowest BCUT2D eigenvalue weighted by Gasteiger charge is -2.12. The molecule has 3 rings (SSSR count). The van der Waals surface area contributed by atoms with E-state index >= 15 is 0 Å². The number of nitrogens with one attached hydrogen (secondary N) is 2. The Balaban J connectivity index is 1.79. The molecule has 0 aliphatic rings. The minimum atomic E-state index is -0.366. The van der Waals surface area contributed by atoms with E-state index in [4.69, 9.17) is 9.47 Å². The molecule has 1 aromatic heterocycles. The Labute approximate surface area is 163 Å². The topological polar surface area (TPSA) is 85.4 Å². The lowest BCUT2D eigenvalue weighted by Crippen LogP contribution is -2.15. The van der Waals surface area contributed by atoms with Crippen molar-refractivity contribution in [3.8, 4) is 11.5 Å². The summed E-state index contributed by atoms with van der Waals surface area (Å²) in [6.07, 6.45) is 1.35. The third-order valence-corrected chi connectivity index (χ3v) is 4.05. The number of anilines is 3. The van der Waals surface area contributed by atoms with Gasteiger partial charge in [0, 0.05) is 17.8 Å². The van der Waals surface area contributed by atoms with Crippen molar-refractivity contribution in [2.24, 2.45) is 0 Å². The van der Waals surface area contributed by atoms with Gasteiger partial charge < -0.3 is 20.1 Å². The summed E-state index contributed by atoms with van der Waals surface area (Å²) in [5.41, 5.74) is 3.94. The van der Waals surface area contributed by atoms with Crippen LogP contribution in [0.4, 0.5) is 17.2 Å². The van der Waals surface area contributed by atoms with E-state index in [-0.39, 0.29) is 11.6 Å². The number of benzene rings is 2. The van der Waals surface area contributed by atoms with Gasteiger partial charge in [-0.2, -0.15) is 0 Å². The Morgan fingerprint density at radius 1 is 0.929 bits per heavy atom. The van der Waals surface area contributed by atoms with Crippen molar-refractivity contribution in [3.63, 3.8) is 0 Å². The largest absolute Gasteiger partial charge is 0.497 e. The number of rotatable bonds is 6. The molecule has 7 heteroatoms. The van der Waals surface area contributed by atoms with Crippen molar-refractivity contribution in [1.29, 1.82) is 0 Å². The zero-order valence-corrected chi connectivity index (χ0v) is 16.2. The van der Waals surface area contributed by atoms with Crippen LogP contribution in [0.5, 0.6) is 11.5 Å². The van der Waals surface area contributed by atoms with E-state index < -0.39 is 0 Å². The first-order chi connectivity index (χ1) is 13.5. The third kappa shape index (κ3) is 4.56. The normalized spacial score (nSPS) is 10.3.